The minimum absolute atomic E-state index is 0.0772. The van der Waals surface area contributed by atoms with Crippen LogP contribution in [0.15, 0.2) is 66.7 Å². The molecule has 6 nitrogen and oxygen atoms in total. The summed E-state index contributed by atoms with van der Waals surface area (Å²) in [6.07, 6.45) is 0.0772. The van der Waals surface area contributed by atoms with Crippen LogP contribution >= 0.6 is 0 Å². The predicted molar refractivity (Wildman–Crippen MR) is 130 cm³/mol. The molecule has 0 aromatic heterocycles. The molecular weight excluding hydrogens is 416 g/mol. The Hall–Kier alpha value is -3.51. The lowest BCUT2D eigenvalue weighted by Gasteiger charge is -2.36. The molecule has 172 valence electrons. The van der Waals surface area contributed by atoms with Crippen LogP contribution in [0.3, 0.4) is 0 Å². The number of carboxylic acids is 1. The standard InChI is InChI=1S/C27H30N2O4/c1-19(2)33-26-15-20(14-23(17-26)22-4-3-5-25(30)16-22)18-28-10-12-29(13-11-28)24-8-6-21(7-9-24)27(31)32/h3-9,14-17,19,30H,10-13,18H2,1-2H3,(H,31,32). The maximum Gasteiger partial charge on any atom is 0.335 e. The molecule has 6 heteroatoms. The van der Waals surface area contributed by atoms with Gasteiger partial charge in [0, 0.05) is 38.4 Å². The summed E-state index contributed by atoms with van der Waals surface area (Å²) < 4.78 is 6.01. The topological polar surface area (TPSA) is 73.2 Å². The molecule has 3 aromatic rings. The highest BCUT2D eigenvalue weighted by Crippen LogP contribution is 2.30. The third-order valence-corrected chi connectivity index (χ3v) is 5.78. The van der Waals surface area contributed by atoms with Crippen molar-refractivity contribution in [3.63, 3.8) is 0 Å². The zero-order valence-electron chi connectivity index (χ0n) is 19.1. The summed E-state index contributed by atoms with van der Waals surface area (Å²) in [6, 6.07) is 20.7. The molecule has 33 heavy (non-hydrogen) atoms. The molecule has 0 saturated carbocycles. The number of carbonyl (C=O) groups is 1. The predicted octanol–water partition coefficient (Wildman–Crippen LogP) is 4.87. The fourth-order valence-corrected chi connectivity index (χ4v) is 4.18. The van der Waals surface area contributed by atoms with E-state index < -0.39 is 5.97 Å². The van der Waals surface area contributed by atoms with Gasteiger partial charge in [0.1, 0.15) is 11.5 Å². The van der Waals surface area contributed by atoms with E-state index in [0.29, 0.717) is 5.56 Å². The van der Waals surface area contributed by atoms with Gasteiger partial charge in [0.25, 0.3) is 0 Å². The van der Waals surface area contributed by atoms with E-state index in [-0.39, 0.29) is 11.9 Å². The summed E-state index contributed by atoms with van der Waals surface area (Å²) in [7, 11) is 0. The number of phenolic OH excluding ortho intramolecular Hbond substituents is 1. The number of aromatic carboxylic acids is 1. The second kappa shape index (κ2) is 9.96. The maximum atomic E-state index is 11.1. The zero-order valence-corrected chi connectivity index (χ0v) is 19.1. The van der Waals surface area contributed by atoms with E-state index in [2.05, 4.69) is 21.9 Å². The number of carboxylic acid groups (broad SMARTS) is 1. The number of ether oxygens (including phenoxy) is 1. The van der Waals surface area contributed by atoms with E-state index in [1.54, 1.807) is 24.3 Å². The van der Waals surface area contributed by atoms with Gasteiger partial charge in [-0.3, -0.25) is 4.90 Å². The molecule has 4 rings (SSSR count). The second-order valence-corrected chi connectivity index (χ2v) is 8.70. The fourth-order valence-electron chi connectivity index (χ4n) is 4.18. The van der Waals surface area contributed by atoms with Crippen LogP contribution in [0, 0.1) is 0 Å². The van der Waals surface area contributed by atoms with Crippen molar-refractivity contribution < 1.29 is 19.7 Å². The summed E-state index contributed by atoms with van der Waals surface area (Å²) in [5, 5.41) is 19.0. The van der Waals surface area contributed by atoms with Crippen molar-refractivity contribution in [2.75, 3.05) is 31.1 Å². The van der Waals surface area contributed by atoms with Crippen molar-refractivity contribution in [3.05, 3.63) is 77.9 Å². The number of piperazine rings is 1. The number of phenols is 1. The summed E-state index contributed by atoms with van der Waals surface area (Å²) in [5.74, 6) is 0.176. The Morgan fingerprint density at radius 3 is 2.30 bits per heavy atom. The third kappa shape index (κ3) is 5.84. The van der Waals surface area contributed by atoms with Crippen molar-refractivity contribution in [3.8, 4) is 22.6 Å². The number of aromatic hydroxyl groups is 1. The Morgan fingerprint density at radius 1 is 0.939 bits per heavy atom. The van der Waals surface area contributed by atoms with Crippen molar-refractivity contribution in [1.29, 1.82) is 0 Å². The summed E-state index contributed by atoms with van der Waals surface area (Å²) in [4.78, 5) is 15.8. The maximum absolute atomic E-state index is 11.1. The van der Waals surface area contributed by atoms with Gasteiger partial charge in [-0.25, -0.2) is 4.79 Å². The highest BCUT2D eigenvalue weighted by Gasteiger charge is 2.18. The molecule has 1 aliphatic heterocycles. The van der Waals surface area contributed by atoms with Crippen LogP contribution in [0.1, 0.15) is 29.8 Å². The first kappa shape index (κ1) is 22.7. The Morgan fingerprint density at radius 2 is 1.67 bits per heavy atom. The van der Waals surface area contributed by atoms with E-state index in [1.807, 2.05) is 44.2 Å². The first-order valence-corrected chi connectivity index (χ1v) is 11.3. The average molecular weight is 447 g/mol. The largest absolute Gasteiger partial charge is 0.508 e. The molecule has 0 bridgehead atoms. The average Bonchev–Trinajstić information content (AvgIpc) is 2.79. The number of rotatable bonds is 7. The van der Waals surface area contributed by atoms with E-state index in [4.69, 9.17) is 9.84 Å². The Bertz CT molecular complexity index is 1100. The Labute approximate surface area is 194 Å². The third-order valence-electron chi connectivity index (χ3n) is 5.78. The molecule has 0 atom stereocenters. The Balaban J connectivity index is 1.46. The molecule has 0 unspecified atom stereocenters. The van der Waals surface area contributed by atoms with Crippen molar-refractivity contribution in [1.82, 2.24) is 4.90 Å². The van der Waals surface area contributed by atoms with Gasteiger partial charge in [-0.2, -0.15) is 0 Å². The second-order valence-electron chi connectivity index (χ2n) is 8.70. The lowest BCUT2D eigenvalue weighted by Crippen LogP contribution is -2.45. The molecule has 1 aliphatic rings. The Kier molecular flexibility index (Phi) is 6.84. The number of nitrogens with zero attached hydrogens (tertiary/aromatic N) is 2. The first-order chi connectivity index (χ1) is 15.9. The molecule has 1 saturated heterocycles. The van der Waals surface area contributed by atoms with Gasteiger partial charge in [-0.1, -0.05) is 12.1 Å². The number of hydrogen-bond acceptors (Lipinski definition) is 5. The van der Waals surface area contributed by atoms with E-state index >= 15 is 0 Å². The normalized spacial score (nSPS) is 14.5. The molecule has 1 fully saturated rings. The quantitative estimate of drug-likeness (QED) is 0.540. The highest BCUT2D eigenvalue weighted by molar-refractivity contribution is 5.88. The van der Waals surface area contributed by atoms with Crippen LogP contribution < -0.4 is 9.64 Å². The summed E-state index contributed by atoms with van der Waals surface area (Å²) in [6.45, 7) is 8.44. The SMILES string of the molecule is CC(C)Oc1cc(CN2CCN(c3ccc(C(=O)O)cc3)CC2)cc(-c2cccc(O)c2)c1. The molecular formula is C27H30N2O4. The minimum Gasteiger partial charge on any atom is -0.508 e. The first-order valence-electron chi connectivity index (χ1n) is 11.3. The molecule has 1 heterocycles. The van der Waals surface area contributed by atoms with Crippen molar-refractivity contribution in [2.24, 2.45) is 0 Å². The van der Waals surface area contributed by atoms with E-state index in [0.717, 1.165) is 55.3 Å². The monoisotopic (exact) mass is 446 g/mol. The molecule has 2 N–H and O–H groups in total. The van der Waals surface area contributed by atoms with Crippen LogP contribution in [0.5, 0.6) is 11.5 Å². The van der Waals surface area contributed by atoms with Gasteiger partial charge in [0.05, 0.1) is 11.7 Å². The molecule has 0 aliphatic carbocycles. The van der Waals surface area contributed by atoms with Gasteiger partial charge in [-0.05, 0) is 85.1 Å². The van der Waals surface area contributed by atoms with Crippen LogP contribution in [-0.4, -0.2) is 53.4 Å². The van der Waals surface area contributed by atoms with E-state index in [9.17, 15) is 9.90 Å². The summed E-state index contributed by atoms with van der Waals surface area (Å²) in [5.41, 5.74) is 4.52. The molecule has 0 amide bonds. The van der Waals surface area contributed by atoms with Crippen LogP contribution in [-0.2, 0) is 6.54 Å². The van der Waals surface area contributed by atoms with Crippen molar-refractivity contribution >= 4 is 11.7 Å². The lowest BCUT2D eigenvalue weighted by molar-refractivity contribution is 0.0697. The van der Waals surface area contributed by atoms with Crippen molar-refractivity contribution in [2.45, 2.75) is 26.5 Å². The molecule has 3 aromatic carbocycles. The van der Waals surface area contributed by atoms with Gasteiger partial charge in [0.2, 0.25) is 0 Å². The smallest absolute Gasteiger partial charge is 0.335 e. The van der Waals surface area contributed by atoms with Gasteiger partial charge in [-0.15, -0.1) is 0 Å². The van der Waals surface area contributed by atoms with Crippen LogP contribution in [0.4, 0.5) is 5.69 Å². The lowest BCUT2D eigenvalue weighted by atomic mass is 10.0. The van der Waals surface area contributed by atoms with Crippen LogP contribution in [0.2, 0.25) is 0 Å². The zero-order chi connectivity index (χ0) is 23.4. The summed E-state index contributed by atoms with van der Waals surface area (Å²) >= 11 is 0. The van der Waals surface area contributed by atoms with Gasteiger partial charge in [0.15, 0.2) is 0 Å². The number of hydrogen-bond donors (Lipinski definition) is 2. The molecule has 0 spiro atoms. The molecule has 0 radical (unpaired) electrons. The minimum atomic E-state index is -0.903. The number of anilines is 1. The van der Waals surface area contributed by atoms with Gasteiger partial charge >= 0.3 is 5.97 Å². The number of benzene rings is 3. The fraction of sp³-hybridized carbons (Fsp3) is 0.296. The van der Waals surface area contributed by atoms with E-state index in [1.165, 1.54) is 5.56 Å². The van der Waals surface area contributed by atoms with Gasteiger partial charge < -0.3 is 19.8 Å². The highest BCUT2D eigenvalue weighted by atomic mass is 16.5. The van der Waals surface area contributed by atoms with Crippen LogP contribution in [0.25, 0.3) is 11.1 Å².